The monoisotopic (exact) mass is 250 g/mol. The van der Waals surface area contributed by atoms with Crippen molar-refractivity contribution in [2.24, 2.45) is 5.92 Å². The third kappa shape index (κ3) is 2.63. The lowest BCUT2D eigenvalue weighted by molar-refractivity contribution is -0.151. The zero-order chi connectivity index (χ0) is 13.3. The lowest BCUT2D eigenvalue weighted by atomic mass is 9.79. The van der Waals surface area contributed by atoms with Crippen LogP contribution in [0.25, 0.3) is 0 Å². The molecule has 2 rings (SSSR count). The number of carbonyl (C=O) groups excluding carboxylic acids is 2. The third-order valence-corrected chi connectivity index (χ3v) is 3.38. The Kier molecular flexibility index (Phi) is 3.28. The second-order valence-electron chi connectivity index (χ2n) is 5.35. The SMILES string of the molecule is C=C(C)C(=O)OC1(C)C=C2CC(CCOC2=O)C1. The summed E-state index contributed by atoms with van der Waals surface area (Å²) in [5.74, 6) is -0.365. The van der Waals surface area contributed by atoms with Gasteiger partial charge in [0.05, 0.1) is 6.61 Å². The molecule has 98 valence electrons. The summed E-state index contributed by atoms with van der Waals surface area (Å²) < 4.78 is 10.6. The highest BCUT2D eigenvalue weighted by atomic mass is 16.6. The van der Waals surface area contributed by atoms with Gasteiger partial charge in [0.25, 0.3) is 0 Å². The number of ether oxygens (including phenoxy) is 2. The predicted molar refractivity (Wildman–Crippen MR) is 65.7 cm³/mol. The van der Waals surface area contributed by atoms with Crippen molar-refractivity contribution >= 4 is 11.9 Å². The van der Waals surface area contributed by atoms with E-state index in [1.54, 1.807) is 13.0 Å². The van der Waals surface area contributed by atoms with Crippen LogP contribution in [-0.4, -0.2) is 24.1 Å². The molecular weight excluding hydrogens is 232 g/mol. The lowest BCUT2D eigenvalue weighted by Gasteiger charge is -2.34. The van der Waals surface area contributed by atoms with Crippen LogP contribution in [-0.2, 0) is 19.1 Å². The maximum absolute atomic E-state index is 11.7. The van der Waals surface area contributed by atoms with Gasteiger partial charge in [0.2, 0.25) is 0 Å². The van der Waals surface area contributed by atoms with Gasteiger partial charge >= 0.3 is 11.9 Å². The first-order chi connectivity index (χ1) is 8.39. The molecule has 2 unspecified atom stereocenters. The summed E-state index contributed by atoms with van der Waals surface area (Å²) >= 11 is 0. The van der Waals surface area contributed by atoms with E-state index < -0.39 is 11.6 Å². The second kappa shape index (κ2) is 4.59. The van der Waals surface area contributed by atoms with E-state index in [1.807, 2.05) is 6.92 Å². The van der Waals surface area contributed by atoms with Crippen molar-refractivity contribution in [3.05, 3.63) is 23.8 Å². The molecule has 0 N–H and O–H groups in total. The number of fused-ring (bicyclic) bond motifs is 2. The molecule has 1 aliphatic heterocycles. The molecule has 0 aromatic heterocycles. The first-order valence-corrected chi connectivity index (χ1v) is 6.17. The number of rotatable bonds is 2. The number of hydrogen-bond acceptors (Lipinski definition) is 4. The molecule has 2 bridgehead atoms. The van der Waals surface area contributed by atoms with Gasteiger partial charge in [0.1, 0.15) is 5.60 Å². The molecule has 0 aromatic rings. The topological polar surface area (TPSA) is 52.6 Å². The van der Waals surface area contributed by atoms with Gasteiger partial charge in [0.15, 0.2) is 0 Å². The summed E-state index contributed by atoms with van der Waals surface area (Å²) in [6, 6.07) is 0. The van der Waals surface area contributed by atoms with Gasteiger partial charge in [0, 0.05) is 11.1 Å². The molecule has 1 aliphatic carbocycles. The fourth-order valence-corrected chi connectivity index (χ4v) is 2.57. The number of carbonyl (C=O) groups is 2. The van der Waals surface area contributed by atoms with Crippen LogP contribution in [0.15, 0.2) is 23.8 Å². The normalized spacial score (nSPS) is 30.9. The third-order valence-electron chi connectivity index (χ3n) is 3.38. The first-order valence-electron chi connectivity index (χ1n) is 6.17. The predicted octanol–water partition coefficient (Wildman–Crippen LogP) is 2.15. The van der Waals surface area contributed by atoms with Crippen LogP contribution >= 0.6 is 0 Å². The fraction of sp³-hybridized carbons (Fsp3) is 0.571. The van der Waals surface area contributed by atoms with E-state index in [2.05, 4.69) is 6.58 Å². The van der Waals surface area contributed by atoms with Crippen molar-refractivity contribution in [1.82, 2.24) is 0 Å². The zero-order valence-electron chi connectivity index (χ0n) is 10.8. The van der Waals surface area contributed by atoms with E-state index in [4.69, 9.17) is 9.47 Å². The van der Waals surface area contributed by atoms with Crippen molar-refractivity contribution in [3.8, 4) is 0 Å². The maximum Gasteiger partial charge on any atom is 0.333 e. The van der Waals surface area contributed by atoms with E-state index in [0.717, 1.165) is 19.3 Å². The summed E-state index contributed by atoms with van der Waals surface area (Å²) in [5, 5.41) is 0. The molecule has 1 saturated heterocycles. The first kappa shape index (κ1) is 12.9. The quantitative estimate of drug-likeness (QED) is 0.556. The van der Waals surface area contributed by atoms with Crippen LogP contribution in [0.5, 0.6) is 0 Å². The van der Waals surface area contributed by atoms with E-state index in [9.17, 15) is 9.59 Å². The summed E-state index contributed by atoms with van der Waals surface area (Å²) in [6.07, 6.45) is 4.01. The van der Waals surface area contributed by atoms with Crippen molar-refractivity contribution in [3.63, 3.8) is 0 Å². The van der Waals surface area contributed by atoms with Gasteiger partial charge in [-0.2, -0.15) is 0 Å². The maximum atomic E-state index is 11.7. The average molecular weight is 250 g/mol. The standard InChI is InChI=1S/C14H18O4/c1-9(2)12(15)18-14(3)7-10-4-5-17-13(16)11(6-10)8-14/h8,10H,1,4-7H2,2-3H3. The van der Waals surface area contributed by atoms with E-state index >= 15 is 0 Å². The Morgan fingerprint density at radius 1 is 1.61 bits per heavy atom. The number of cyclic esters (lactones) is 1. The Morgan fingerprint density at radius 2 is 2.33 bits per heavy atom. The number of hydrogen-bond donors (Lipinski definition) is 0. The van der Waals surface area contributed by atoms with Crippen molar-refractivity contribution < 1.29 is 19.1 Å². The van der Waals surface area contributed by atoms with Crippen LogP contribution < -0.4 is 0 Å². The van der Waals surface area contributed by atoms with E-state index in [1.165, 1.54) is 0 Å². The Bertz CT molecular complexity index is 435. The molecule has 0 saturated carbocycles. The summed E-state index contributed by atoms with van der Waals surface area (Å²) in [5.41, 5.74) is 0.268. The van der Waals surface area contributed by atoms with Crippen LogP contribution in [0.3, 0.4) is 0 Å². The molecule has 4 heteroatoms. The summed E-state index contributed by atoms with van der Waals surface area (Å²) in [6.45, 7) is 7.47. The average Bonchev–Trinajstić information content (AvgIpc) is 2.38. The van der Waals surface area contributed by atoms with Gasteiger partial charge in [-0.15, -0.1) is 0 Å². The largest absolute Gasteiger partial charge is 0.462 e. The second-order valence-corrected chi connectivity index (χ2v) is 5.35. The molecule has 2 aliphatic rings. The fourth-order valence-electron chi connectivity index (χ4n) is 2.57. The minimum atomic E-state index is -0.725. The molecule has 1 fully saturated rings. The van der Waals surface area contributed by atoms with Gasteiger partial charge in [-0.3, -0.25) is 0 Å². The lowest BCUT2D eigenvalue weighted by Crippen LogP contribution is -2.36. The Labute approximate surface area is 107 Å². The Balaban J connectivity index is 2.23. The Hall–Kier alpha value is -1.58. The Morgan fingerprint density at radius 3 is 3.00 bits per heavy atom. The van der Waals surface area contributed by atoms with E-state index in [0.29, 0.717) is 23.7 Å². The highest BCUT2D eigenvalue weighted by Crippen LogP contribution is 2.37. The van der Waals surface area contributed by atoms with Crippen molar-refractivity contribution in [1.29, 1.82) is 0 Å². The van der Waals surface area contributed by atoms with Crippen LogP contribution in [0, 0.1) is 5.92 Å². The van der Waals surface area contributed by atoms with Crippen molar-refractivity contribution in [2.75, 3.05) is 6.61 Å². The molecule has 0 aromatic carbocycles. The summed E-state index contributed by atoms with van der Waals surface area (Å²) in [4.78, 5) is 23.3. The molecule has 4 nitrogen and oxygen atoms in total. The molecule has 18 heavy (non-hydrogen) atoms. The minimum Gasteiger partial charge on any atom is -0.462 e. The minimum absolute atomic E-state index is 0.283. The molecule has 2 atom stereocenters. The highest BCUT2D eigenvalue weighted by Gasteiger charge is 2.38. The molecule has 1 heterocycles. The van der Waals surface area contributed by atoms with Gasteiger partial charge in [-0.1, -0.05) is 6.58 Å². The van der Waals surface area contributed by atoms with Gasteiger partial charge in [-0.05, 0) is 45.1 Å². The summed E-state index contributed by atoms with van der Waals surface area (Å²) in [7, 11) is 0. The highest BCUT2D eigenvalue weighted by molar-refractivity contribution is 5.90. The van der Waals surface area contributed by atoms with Gasteiger partial charge in [-0.25, -0.2) is 9.59 Å². The molecular formula is C14H18O4. The zero-order valence-corrected chi connectivity index (χ0v) is 10.8. The molecule has 0 radical (unpaired) electrons. The van der Waals surface area contributed by atoms with Crippen LogP contribution in [0.4, 0.5) is 0 Å². The van der Waals surface area contributed by atoms with Crippen LogP contribution in [0.1, 0.15) is 33.1 Å². The smallest absolute Gasteiger partial charge is 0.333 e. The number of esters is 2. The molecule has 0 spiro atoms. The van der Waals surface area contributed by atoms with Crippen molar-refractivity contribution in [2.45, 2.75) is 38.7 Å². The molecule has 0 amide bonds. The van der Waals surface area contributed by atoms with Gasteiger partial charge < -0.3 is 9.47 Å². The van der Waals surface area contributed by atoms with Crippen LogP contribution in [0.2, 0.25) is 0 Å². The van der Waals surface area contributed by atoms with E-state index in [-0.39, 0.29) is 5.97 Å².